The fourth-order valence-electron chi connectivity index (χ4n) is 1.32. The summed E-state index contributed by atoms with van der Waals surface area (Å²) in [5.74, 6) is 0.300. The second-order valence-corrected chi connectivity index (χ2v) is 4.42. The fourth-order valence-corrected chi connectivity index (χ4v) is 1.57. The summed E-state index contributed by atoms with van der Waals surface area (Å²) in [6.45, 7) is 4.30. The van der Waals surface area contributed by atoms with E-state index in [9.17, 15) is 4.39 Å². The van der Waals surface area contributed by atoms with Crippen LogP contribution >= 0.6 is 15.9 Å². The van der Waals surface area contributed by atoms with Crippen molar-refractivity contribution in [3.8, 4) is 5.75 Å². The van der Waals surface area contributed by atoms with Crippen molar-refractivity contribution in [1.29, 1.82) is 0 Å². The van der Waals surface area contributed by atoms with Crippen molar-refractivity contribution in [2.24, 2.45) is 0 Å². The van der Waals surface area contributed by atoms with Gasteiger partial charge >= 0.3 is 0 Å². The van der Waals surface area contributed by atoms with Crippen LogP contribution < -0.4 is 4.74 Å². The largest absolute Gasteiger partial charge is 0.493 e. The maximum absolute atomic E-state index is 13.1. The summed E-state index contributed by atoms with van der Waals surface area (Å²) in [6, 6.07) is 4.81. The first-order valence-corrected chi connectivity index (χ1v) is 6.22. The third-order valence-corrected chi connectivity index (χ3v) is 2.86. The normalized spacial score (nSPS) is 10.1. The minimum absolute atomic E-state index is 0.288. The zero-order chi connectivity index (χ0) is 11.8. The van der Waals surface area contributed by atoms with Crippen LogP contribution in [-0.4, -0.2) is 6.61 Å². The van der Waals surface area contributed by atoms with Crippen LogP contribution in [0.5, 0.6) is 5.75 Å². The molecule has 0 unspecified atom stereocenters. The Bertz CT molecular complexity index is 339. The summed E-state index contributed by atoms with van der Waals surface area (Å²) in [4.78, 5) is 0. The molecule has 0 N–H and O–H groups in total. The van der Waals surface area contributed by atoms with E-state index in [1.54, 1.807) is 12.1 Å². The SMILES string of the molecule is C=CCCCCCOc1ccc(Br)c(F)c1. The van der Waals surface area contributed by atoms with Crippen molar-refractivity contribution in [2.75, 3.05) is 6.61 Å². The molecule has 0 atom stereocenters. The molecule has 0 bridgehead atoms. The summed E-state index contributed by atoms with van der Waals surface area (Å²) < 4.78 is 19.0. The molecule has 0 aliphatic carbocycles. The minimum Gasteiger partial charge on any atom is -0.493 e. The minimum atomic E-state index is -0.288. The van der Waals surface area contributed by atoms with Crippen LogP contribution in [0, 0.1) is 5.82 Å². The predicted octanol–water partition coefficient (Wildman–Crippen LogP) is 4.71. The van der Waals surface area contributed by atoms with Gasteiger partial charge in [-0.25, -0.2) is 4.39 Å². The average molecular weight is 287 g/mol. The Kier molecular flexibility index (Phi) is 6.16. The lowest BCUT2D eigenvalue weighted by Gasteiger charge is -2.06. The number of benzene rings is 1. The predicted molar refractivity (Wildman–Crippen MR) is 68.3 cm³/mol. The van der Waals surface area contributed by atoms with Gasteiger partial charge in [0.2, 0.25) is 0 Å². The van der Waals surface area contributed by atoms with Crippen molar-refractivity contribution in [3.05, 3.63) is 41.1 Å². The second kappa shape index (κ2) is 7.44. The van der Waals surface area contributed by atoms with E-state index in [-0.39, 0.29) is 5.82 Å². The summed E-state index contributed by atoms with van der Waals surface area (Å²) in [5.41, 5.74) is 0. The summed E-state index contributed by atoms with van der Waals surface area (Å²) >= 11 is 3.10. The van der Waals surface area contributed by atoms with E-state index in [1.807, 2.05) is 6.08 Å². The maximum Gasteiger partial charge on any atom is 0.141 e. The number of allylic oxidation sites excluding steroid dienone is 1. The van der Waals surface area contributed by atoms with E-state index in [1.165, 1.54) is 6.07 Å². The van der Waals surface area contributed by atoms with Crippen molar-refractivity contribution in [2.45, 2.75) is 25.7 Å². The van der Waals surface area contributed by atoms with Crippen LogP contribution in [0.2, 0.25) is 0 Å². The number of rotatable bonds is 7. The molecule has 0 fully saturated rings. The highest BCUT2D eigenvalue weighted by molar-refractivity contribution is 9.10. The van der Waals surface area contributed by atoms with Crippen LogP contribution in [0.1, 0.15) is 25.7 Å². The highest BCUT2D eigenvalue weighted by Gasteiger charge is 2.00. The van der Waals surface area contributed by atoms with Crippen LogP contribution in [0.3, 0.4) is 0 Å². The Morgan fingerprint density at radius 3 is 2.81 bits per heavy atom. The van der Waals surface area contributed by atoms with Gasteiger partial charge in [-0.15, -0.1) is 6.58 Å². The van der Waals surface area contributed by atoms with Crippen molar-refractivity contribution in [1.82, 2.24) is 0 Å². The smallest absolute Gasteiger partial charge is 0.141 e. The van der Waals surface area contributed by atoms with E-state index in [0.717, 1.165) is 25.7 Å². The summed E-state index contributed by atoms with van der Waals surface area (Å²) in [7, 11) is 0. The molecular weight excluding hydrogens is 271 g/mol. The lowest BCUT2D eigenvalue weighted by atomic mass is 10.2. The molecule has 0 aliphatic heterocycles. The Hall–Kier alpha value is -0.830. The number of hydrogen-bond acceptors (Lipinski definition) is 1. The molecule has 16 heavy (non-hydrogen) atoms. The van der Waals surface area contributed by atoms with Crippen LogP contribution in [0.25, 0.3) is 0 Å². The quantitative estimate of drug-likeness (QED) is 0.521. The van der Waals surface area contributed by atoms with Crippen LogP contribution in [0.4, 0.5) is 4.39 Å². The molecule has 1 rings (SSSR count). The molecule has 0 saturated heterocycles. The van der Waals surface area contributed by atoms with E-state index in [4.69, 9.17) is 4.74 Å². The highest BCUT2D eigenvalue weighted by Crippen LogP contribution is 2.21. The molecule has 1 nitrogen and oxygen atoms in total. The van der Waals surface area contributed by atoms with Crippen molar-refractivity contribution in [3.63, 3.8) is 0 Å². The Morgan fingerprint density at radius 1 is 1.31 bits per heavy atom. The van der Waals surface area contributed by atoms with E-state index < -0.39 is 0 Å². The van der Waals surface area contributed by atoms with Gasteiger partial charge in [-0.3, -0.25) is 0 Å². The third-order valence-electron chi connectivity index (χ3n) is 2.21. The Morgan fingerprint density at radius 2 is 2.12 bits per heavy atom. The van der Waals surface area contributed by atoms with Gasteiger partial charge in [0.1, 0.15) is 11.6 Å². The molecule has 0 spiro atoms. The van der Waals surface area contributed by atoms with Gasteiger partial charge in [-0.2, -0.15) is 0 Å². The molecule has 1 aromatic rings. The molecule has 88 valence electrons. The molecule has 0 aromatic heterocycles. The second-order valence-electron chi connectivity index (χ2n) is 3.56. The van der Waals surface area contributed by atoms with E-state index in [2.05, 4.69) is 22.5 Å². The van der Waals surface area contributed by atoms with Crippen molar-refractivity contribution >= 4 is 15.9 Å². The first-order chi connectivity index (χ1) is 7.74. The molecule has 0 radical (unpaired) electrons. The van der Waals surface area contributed by atoms with Gasteiger partial charge in [0.05, 0.1) is 11.1 Å². The van der Waals surface area contributed by atoms with Gasteiger partial charge in [0, 0.05) is 6.07 Å². The van der Waals surface area contributed by atoms with E-state index >= 15 is 0 Å². The molecule has 3 heteroatoms. The Balaban J connectivity index is 2.21. The topological polar surface area (TPSA) is 9.23 Å². The molecule has 0 amide bonds. The first kappa shape index (κ1) is 13.2. The molecular formula is C13H16BrFO. The van der Waals surface area contributed by atoms with Gasteiger partial charge in [-0.1, -0.05) is 6.08 Å². The van der Waals surface area contributed by atoms with Gasteiger partial charge in [0.15, 0.2) is 0 Å². The monoisotopic (exact) mass is 286 g/mol. The van der Waals surface area contributed by atoms with Gasteiger partial charge in [-0.05, 0) is 53.7 Å². The number of unbranched alkanes of at least 4 members (excludes halogenated alkanes) is 3. The lowest BCUT2D eigenvalue weighted by Crippen LogP contribution is -1.97. The van der Waals surface area contributed by atoms with E-state index in [0.29, 0.717) is 16.8 Å². The summed E-state index contributed by atoms with van der Waals surface area (Å²) in [5, 5.41) is 0. The third kappa shape index (κ3) is 4.79. The first-order valence-electron chi connectivity index (χ1n) is 5.43. The zero-order valence-electron chi connectivity index (χ0n) is 9.22. The zero-order valence-corrected chi connectivity index (χ0v) is 10.8. The van der Waals surface area contributed by atoms with Gasteiger partial charge < -0.3 is 4.74 Å². The maximum atomic E-state index is 13.1. The van der Waals surface area contributed by atoms with Crippen LogP contribution in [-0.2, 0) is 0 Å². The number of halogens is 2. The number of hydrogen-bond donors (Lipinski definition) is 0. The standard InChI is InChI=1S/C13H16BrFO/c1-2-3-4-5-6-9-16-11-7-8-12(14)13(15)10-11/h2,7-8,10H,1,3-6,9H2. The lowest BCUT2D eigenvalue weighted by molar-refractivity contribution is 0.304. The molecule has 0 aliphatic rings. The van der Waals surface area contributed by atoms with Gasteiger partial charge in [0.25, 0.3) is 0 Å². The summed E-state index contributed by atoms with van der Waals surface area (Å²) in [6.07, 6.45) is 6.22. The molecule has 0 saturated carbocycles. The Labute approximate surface area is 104 Å². The fraction of sp³-hybridized carbons (Fsp3) is 0.385. The van der Waals surface area contributed by atoms with Crippen LogP contribution in [0.15, 0.2) is 35.3 Å². The molecule has 1 aromatic carbocycles. The highest BCUT2D eigenvalue weighted by atomic mass is 79.9. The average Bonchev–Trinajstić information content (AvgIpc) is 2.28. The molecule has 0 heterocycles. The van der Waals surface area contributed by atoms with Crippen molar-refractivity contribution < 1.29 is 9.13 Å². The number of ether oxygens (including phenoxy) is 1.